The average molecular weight is 350 g/mol. The number of methoxy groups -OCH3 is 2. The number of aliphatic carboxylic acids is 1. The summed E-state index contributed by atoms with van der Waals surface area (Å²) >= 11 is 0. The predicted molar refractivity (Wildman–Crippen MR) is 86.3 cm³/mol. The summed E-state index contributed by atoms with van der Waals surface area (Å²) in [6.07, 6.45) is 2.26. The molecule has 7 heteroatoms. The van der Waals surface area contributed by atoms with Gasteiger partial charge in [0.05, 0.1) is 26.1 Å². The van der Waals surface area contributed by atoms with Gasteiger partial charge < -0.3 is 14.6 Å². The summed E-state index contributed by atoms with van der Waals surface area (Å²) in [6.45, 7) is 3.58. The highest BCUT2D eigenvalue weighted by Crippen LogP contribution is 2.51. The van der Waals surface area contributed by atoms with Gasteiger partial charge in [0.25, 0.3) is 0 Å². The number of ketones is 1. The molecule has 0 aromatic rings. The van der Waals surface area contributed by atoms with Gasteiger partial charge in [0, 0.05) is 11.8 Å². The SMILES string of the molecule is CCC1=C[C@@H](C(=O)O)[C@@H]2C(=O)C(C(=O)OC)=C(CC)[C@@H]2[C@@H]1C(=O)OC. The number of carbonyl (C=O) groups excluding carboxylic acids is 3. The number of hydrogen-bond donors (Lipinski definition) is 1. The molecule has 2 aliphatic rings. The maximum atomic E-state index is 12.9. The number of rotatable bonds is 5. The Morgan fingerprint density at radius 1 is 1.08 bits per heavy atom. The van der Waals surface area contributed by atoms with Gasteiger partial charge in [-0.3, -0.25) is 14.4 Å². The molecule has 2 rings (SSSR count). The van der Waals surface area contributed by atoms with Crippen molar-refractivity contribution in [2.75, 3.05) is 14.2 Å². The molecule has 136 valence electrons. The fourth-order valence-corrected chi connectivity index (χ4v) is 4.07. The van der Waals surface area contributed by atoms with Gasteiger partial charge in [-0.15, -0.1) is 0 Å². The largest absolute Gasteiger partial charge is 0.481 e. The summed E-state index contributed by atoms with van der Waals surface area (Å²) in [6, 6.07) is 0. The minimum Gasteiger partial charge on any atom is -0.481 e. The zero-order chi connectivity index (χ0) is 18.9. The zero-order valence-corrected chi connectivity index (χ0v) is 14.7. The molecule has 0 unspecified atom stereocenters. The lowest BCUT2D eigenvalue weighted by Gasteiger charge is -2.36. The van der Waals surface area contributed by atoms with E-state index in [0.717, 1.165) is 0 Å². The molecule has 7 nitrogen and oxygen atoms in total. The third-order valence-corrected chi connectivity index (χ3v) is 5.12. The first-order chi connectivity index (χ1) is 11.8. The topological polar surface area (TPSA) is 107 Å². The Kier molecular flexibility index (Phi) is 5.45. The number of carboxylic acids is 1. The number of esters is 2. The molecule has 2 aliphatic carbocycles. The van der Waals surface area contributed by atoms with Crippen molar-refractivity contribution in [3.8, 4) is 0 Å². The molecular formula is C18H22O7. The van der Waals surface area contributed by atoms with E-state index in [-0.39, 0.29) is 5.57 Å². The van der Waals surface area contributed by atoms with Crippen LogP contribution in [0.3, 0.4) is 0 Å². The third kappa shape index (κ3) is 2.88. The quantitative estimate of drug-likeness (QED) is 0.455. The van der Waals surface area contributed by atoms with Crippen LogP contribution in [0.1, 0.15) is 26.7 Å². The summed E-state index contributed by atoms with van der Waals surface area (Å²) in [5.41, 5.74) is 0.971. The third-order valence-electron chi connectivity index (χ3n) is 5.12. The van der Waals surface area contributed by atoms with Gasteiger partial charge in [0.2, 0.25) is 0 Å². The highest BCUT2D eigenvalue weighted by atomic mass is 16.5. The number of allylic oxidation sites excluding steroid dienone is 1. The summed E-state index contributed by atoms with van der Waals surface area (Å²) < 4.78 is 9.61. The molecule has 0 saturated heterocycles. The van der Waals surface area contributed by atoms with Gasteiger partial charge in [-0.25, -0.2) is 4.79 Å². The van der Waals surface area contributed by atoms with Crippen molar-refractivity contribution in [1.29, 1.82) is 0 Å². The van der Waals surface area contributed by atoms with Gasteiger partial charge in [0.1, 0.15) is 5.57 Å². The highest BCUT2D eigenvalue weighted by Gasteiger charge is 2.56. The maximum Gasteiger partial charge on any atom is 0.341 e. The number of Topliss-reactive ketones (excluding diaryl/α,β-unsaturated/α-hetero) is 1. The molecule has 0 aliphatic heterocycles. The Bertz CT molecular complexity index is 686. The first-order valence-corrected chi connectivity index (χ1v) is 8.20. The van der Waals surface area contributed by atoms with Crippen molar-refractivity contribution in [2.24, 2.45) is 23.7 Å². The van der Waals surface area contributed by atoms with E-state index in [1.54, 1.807) is 6.92 Å². The van der Waals surface area contributed by atoms with E-state index in [4.69, 9.17) is 9.47 Å². The number of carbonyl (C=O) groups is 4. The molecule has 0 aromatic carbocycles. The Hall–Kier alpha value is -2.44. The smallest absolute Gasteiger partial charge is 0.341 e. The van der Waals surface area contributed by atoms with Crippen molar-refractivity contribution < 1.29 is 33.8 Å². The molecule has 0 aromatic heterocycles. The van der Waals surface area contributed by atoms with Crippen molar-refractivity contribution >= 4 is 23.7 Å². The van der Waals surface area contributed by atoms with E-state index in [0.29, 0.717) is 24.0 Å². The molecular weight excluding hydrogens is 328 g/mol. The number of carboxylic acid groups (broad SMARTS) is 1. The molecule has 0 heterocycles. The summed E-state index contributed by atoms with van der Waals surface area (Å²) in [5.74, 6) is -6.59. The molecule has 0 amide bonds. The monoisotopic (exact) mass is 350 g/mol. The van der Waals surface area contributed by atoms with Crippen LogP contribution in [-0.4, -0.2) is 43.0 Å². The van der Waals surface area contributed by atoms with Crippen LogP contribution in [0.25, 0.3) is 0 Å². The molecule has 1 N–H and O–H groups in total. The van der Waals surface area contributed by atoms with Gasteiger partial charge in [-0.1, -0.05) is 25.5 Å². The second kappa shape index (κ2) is 7.21. The fraction of sp³-hybridized carbons (Fsp3) is 0.556. The van der Waals surface area contributed by atoms with Crippen LogP contribution in [-0.2, 0) is 28.7 Å². The van der Waals surface area contributed by atoms with Gasteiger partial charge in [0.15, 0.2) is 5.78 Å². The predicted octanol–water partition coefficient (Wildman–Crippen LogP) is 1.52. The van der Waals surface area contributed by atoms with Crippen molar-refractivity contribution in [2.45, 2.75) is 26.7 Å². The summed E-state index contributed by atoms with van der Waals surface area (Å²) in [7, 11) is 2.42. The van der Waals surface area contributed by atoms with Crippen LogP contribution in [0, 0.1) is 23.7 Å². The van der Waals surface area contributed by atoms with E-state index in [9.17, 15) is 24.3 Å². The van der Waals surface area contributed by atoms with Crippen molar-refractivity contribution in [1.82, 2.24) is 0 Å². The van der Waals surface area contributed by atoms with E-state index >= 15 is 0 Å². The summed E-state index contributed by atoms with van der Waals surface area (Å²) in [5, 5.41) is 9.59. The molecule has 0 spiro atoms. The Balaban J connectivity index is 2.72. The fourth-order valence-electron chi connectivity index (χ4n) is 4.07. The second-order valence-corrected chi connectivity index (χ2v) is 6.12. The lowest BCUT2D eigenvalue weighted by molar-refractivity contribution is -0.151. The Morgan fingerprint density at radius 3 is 2.16 bits per heavy atom. The number of ether oxygens (including phenoxy) is 2. The lowest BCUT2D eigenvalue weighted by Crippen LogP contribution is -2.42. The molecule has 0 bridgehead atoms. The number of fused-ring (bicyclic) bond motifs is 1. The van der Waals surface area contributed by atoms with Crippen LogP contribution >= 0.6 is 0 Å². The second-order valence-electron chi connectivity index (χ2n) is 6.12. The Morgan fingerprint density at radius 2 is 1.72 bits per heavy atom. The van der Waals surface area contributed by atoms with E-state index in [2.05, 4.69) is 0 Å². The van der Waals surface area contributed by atoms with Gasteiger partial charge in [-0.05, 0) is 18.4 Å². The summed E-state index contributed by atoms with van der Waals surface area (Å²) in [4.78, 5) is 49.2. The molecule has 0 saturated carbocycles. The maximum absolute atomic E-state index is 12.9. The van der Waals surface area contributed by atoms with E-state index in [1.165, 1.54) is 20.3 Å². The molecule has 4 atom stereocenters. The van der Waals surface area contributed by atoms with Gasteiger partial charge in [-0.2, -0.15) is 0 Å². The van der Waals surface area contributed by atoms with Crippen LogP contribution in [0.2, 0.25) is 0 Å². The lowest BCUT2D eigenvalue weighted by atomic mass is 9.65. The standard InChI is InChI=1S/C18H22O7/c1-5-8-7-10(16(20)21)13-12(11(8)17(22)24-3)9(6-2)14(15(13)19)18(23)25-4/h7,10-13H,5-6H2,1-4H3,(H,20,21)/t10-,11-,12-,13+/m1/s1. The van der Waals surface area contributed by atoms with Crippen molar-refractivity contribution in [3.63, 3.8) is 0 Å². The molecule has 25 heavy (non-hydrogen) atoms. The first-order valence-electron chi connectivity index (χ1n) is 8.20. The van der Waals surface area contributed by atoms with Crippen LogP contribution in [0.15, 0.2) is 22.8 Å². The van der Waals surface area contributed by atoms with Crippen LogP contribution in [0.5, 0.6) is 0 Å². The van der Waals surface area contributed by atoms with Crippen LogP contribution in [0.4, 0.5) is 0 Å². The minimum absolute atomic E-state index is 0.120. The highest BCUT2D eigenvalue weighted by molar-refractivity contribution is 6.21. The van der Waals surface area contributed by atoms with E-state index in [1.807, 2.05) is 6.92 Å². The minimum atomic E-state index is -1.15. The molecule has 0 fully saturated rings. The van der Waals surface area contributed by atoms with Crippen molar-refractivity contribution in [3.05, 3.63) is 22.8 Å². The first kappa shape index (κ1) is 18.9. The zero-order valence-electron chi connectivity index (χ0n) is 14.7. The number of hydrogen-bond acceptors (Lipinski definition) is 6. The Labute approximate surface area is 145 Å². The molecule has 0 radical (unpaired) electrons. The van der Waals surface area contributed by atoms with Crippen LogP contribution < -0.4 is 0 Å². The average Bonchev–Trinajstić information content (AvgIpc) is 2.91. The normalized spacial score (nSPS) is 28.3. The van der Waals surface area contributed by atoms with Gasteiger partial charge >= 0.3 is 17.9 Å². The van der Waals surface area contributed by atoms with E-state index < -0.39 is 47.4 Å².